The van der Waals surface area contributed by atoms with E-state index in [2.05, 4.69) is 0 Å². The average Bonchev–Trinajstić information content (AvgIpc) is 2.03. The number of carbonyl (C=O) groups is 1. The molecule has 0 spiro atoms. The average molecular weight is 190 g/mol. The molecule has 1 saturated carbocycles. The van der Waals surface area contributed by atoms with Crippen molar-refractivity contribution in [3.63, 3.8) is 0 Å². The second-order valence-electron chi connectivity index (χ2n) is 3.35. The number of halogens is 2. The number of allylic oxidation sites excluding steroid dienone is 1. The van der Waals surface area contributed by atoms with Gasteiger partial charge in [-0.25, -0.2) is 0 Å². The molecular formula is C9H12F2O2. The SMILES string of the molecule is O=C(O)[C@H]1CCCC[C@H]1C=C(F)F. The van der Waals surface area contributed by atoms with Gasteiger partial charge in [0.15, 0.2) is 0 Å². The first kappa shape index (κ1) is 10.2. The Morgan fingerprint density at radius 3 is 2.46 bits per heavy atom. The second kappa shape index (κ2) is 4.35. The maximum atomic E-state index is 11.9. The van der Waals surface area contributed by atoms with Gasteiger partial charge in [-0.2, -0.15) is 8.78 Å². The van der Waals surface area contributed by atoms with Crippen molar-refractivity contribution in [2.45, 2.75) is 25.7 Å². The molecule has 1 rings (SSSR count). The highest BCUT2D eigenvalue weighted by Crippen LogP contribution is 2.32. The van der Waals surface area contributed by atoms with E-state index in [0.29, 0.717) is 12.8 Å². The largest absolute Gasteiger partial charge is 0.481 e. The fourth-order valence-electron chi connectivity index (χ4n) is 1.83. The predicted octanol–water partition coefficient (Wildman–Crippen LogP) is 2.66. The van der Waals surface area contributed by atoms with Crippen LogP contribution in [0.15, 0.2) is 12.2 Å². The van der Waals surface area contributed by atoms with Crippen molar-refractivity contribution < 1.29 is 18.7 Å². The van der Waals surface area contributed by atoms with Gasteiger partial charge in [-0.15, -0.1) is 0 Å². The van der Waals surface area contributed by atoms with E-state index in [4.69, 9.17) is 5.11 Å². The van der Waals surface area contributed by atoms with Crippen molar-refractivity contribution in [2.24, 2.45) is 11.8 Å². The smallest absolute Gasteiger partial charge is 0.307 e. The van der Waals surface area contributed by atoms with E-state index in [1.165, 1.54) is 0 Å². The highest BCUT2D eigenvalue weighted by atomic mass is 19.3. The monoisotopic (exact) mass is 190 g/mol. The van der Waals surface area contributed by atoms with Crippen LogP contribution in [0.2, 0.25) is 0 Å². The highest BCUT2D eigenvalue weighted by molar-refractivity contribution is 5.70. The number of rotatable bonds is 2. The summed E-state index contributed by atoms with van der Waals surface area (Å²) in [6.07, 6.45) is 1.78. The predicted molar refractivity (Wildman–Crippen MR) is 43.4 cm³/mol. The van der Waals surface area contributed by atoms with Crippen LogP contribution in [-0.2, 0) is 4.79 Å². The normalized spacial score (nSPS) is 28.2. The molecule has 0 aromatic heterocycles. The molecule has 1 fully saturated rings. The summed E-state index contributed by atoms with van der Waals surface area (Å²) in [5.41, 5.74) is 0. The van der Waals surface area contributed by atoms with Crippen LogP contribution in [-0.4, -0.2) is 11.1 Å². The third-order valence-corrected chi connectivity index (χ3v) is 2.48. The molecule has 0 aliphatic heterocycles. The van der Waals surface area contributed by atoms with Crippen LogP contribution in [0.4, 0.5) is 8.78 Å². The molecule has 0 aromatic carbocycles. The Bertz CT molecular complexity index is 222. The molecule has 0 bridgehead atoms. The van der Waals surface area contributed by atoms with E-state index in [1.54, 1.807) is 0 Å². The Balaban J connectivity index is 2.67. The molecule has 0 amide bonds. The quantitative estimate of drug-likeness (QED) is 0.726. The van der Waals surface area contributed by atoms with Gasteiger partial charge in [0.25, 0.3) is 6.08 Å². The van der Waals surface area contributed by atoms with Gasteiger partial charge in [0, 0.05) is 0 Å². The van der Waals surface area contributed by atoms with E-state index in [0.717, 1.165) is 18.9 Å². The van der Waals surface area contributed by atoms with Gasteiger partial charge in [-0.1, -0.05) is 12.8 Å². The summed E-state index contributed by atoms with van der Waals surface area (Å²) >= 11 is 0. The Labute approximate surface area is 75.3 Å². The van der Waals surface area contributed by atoms with Crippen LogP contribution in [0.1, 0.15) is 25.7 Å². The number of carboxylic acids is 1. The zero-order valence-electron chi connectivity index (χ0n) is 7.17. The van der Waals surface area contributed by atoms with Crippen LogP contribution in [0.5, 0.6) is 0 Å². The van der Waals surface area contributed by atoms with Gasteiger partial charge < -0.3 is 5.11 Å². The summed E-state index contributed by atoms with van der Waals surface area (Å²) in [4.78, 5) is 10.7. The second-order valence-corrected chi connectivity index (χ2v) is 3.35. The molecule has 2 nitrogen and oxygen atoms in total. The lowest BCUT2D eigenvalue weighted by Gasteiger charge is -2.25. The summed E-state index contributed by atoms with van der Waals surface area (Å²) < 4.78 is 23.8. The Kier molecular flexibility index (Phi) is 3.39. The fraction of sp³-hybridized carbons (Fsp3) is 0.667. The molecule has 1 aliphatic rings. The van der Waals surface area contributed by atoms with E-state index < -0.39 is 23.9 Å². The van der Waals surface area contributed by atoms with E-state index in [-0.39, 0.29) is 0 Å². The van der Waals surface area contributed by atoms with Crippen molar-refractivity contribution in [3.8, 4) is 0 Å². The molecule has 4 heteroatoms. The molecular weight excluding hydrogens is 178 g/mol. The van der Waals surface area contributed by atoms with Gasteiger partial charge in [0.2, 0.25) is 0 Å². The van der Waals surface area contributed by atoms with E-state index in [9.17, 15) is 13.6 Å². The lowest BCUT2D eigenvalue weighted by Crippen LogP contribution is -2.25. The Hall–Kier alpha value is -0.930. The molecule has 0 unspecified atom stereocenters. The topological polar surface area (TPSA) is 37.3 Å². The molecule has 0 radical (unpaired) electrons. The molecule has 13 heavy (non-hydrogen) atoms. The van der Waals surface area contributed by atoms with Crippen LogP contribution in [0.25, 0.3) is 0 Å². The van der Waals surface area contributed by atoms with Crippen molar-refractivity contribution in [1.82, 2.24) is 0 Å². The standard InChI is InChI=1S/C9H12F2O2/c10-8(11)5-6-3-1-2-4-7(6)9(12)13/h5-7H,1-4H2,(H,12,13)/t6-,7-/m0/s1. The van der Waals surface area contributed by atoms with E-state index >= 15 is 0 Å². The third kappa shape index (κ3) is 2.79. The zero-order valence-corrected chi connectivity index (χ0v) is 7.17. The minimum Gasteiger partial charge on any atom is -0.481 e. The zero-order chi connectivity index (χ0) is 9.84. The van der Waals surface area contributed by atoms with Gasteiger partial charge in [0.05, 0.1) is 5.92 Å². The van der Waals surface area contributed by atoms with E-state index in [1.807, 2.05) is 0 Å². The maximum absolute atomic E-state index is 11.9. The summed E-state index contributed by atoms with van der Waals surface area (Å²) in [5.74, 6) is -2.05. The summed E-state index contributed by atoms with van der Waals surface area (Å²) in [7, 11) is 0. The first-order valence-electron chi connectivity index (χ1n) is 4.37. The number of aliphatic carboxylic acids is 1. The molecule has 0 saturated heterocycles. The Morgan fingerprint density at radius 1 is 1.31 bits per heavy atom. The van der Waals surface area contributed by atoms with Crippen LogP contribution >= 0.6 is 0 Å². The van der Waals surface area contributed by atoms with Gasteiger partial charge in [0.1, 0.15) is 0 Å². The molecule has 1 aliphatic carbocycles. The van der Waals surface area contributed by atoms with Gasteiger partial charge in [-0.05, 0) is 24.8 Å². The first-order chi connectivity index (χ1) is 6.11. The van der Waals surface area contributed by atoms with Crippen molar-refractivity contribution in [1.29, 1.82) is 0 Å². The lowest BCUT2D eigenvalue weighted by atomic mass is 9.79. The number of carboxylic acid groups (broad SMARTS) is 1. The molecule has 0 aromatic rings. The minimum absolute atomic E-state index is 0.476. The molecule has 1 N–H and O–H groups in total. The third-order valence-electron chi connectivity index (χ3n) is 2.48. The van der Waals surface area contributed by atoms with Crippen LogP contribution < -0.4 is 0 Å². The summed E-state index contributed by atoms with van der Waals surface area (Å²) in [5, 5.41) is 8.75. The van der Waals surface area contributed by atoms with Gasteiger partial charge >= 0.3 is 5.97 Å². The fourth-order valence-corrected chi connectivity index (χ4v) is 1.83. The summed E-state index contributed by atoms with van der Waals surface area (Å²) in [6.45, 7) is 0. The van der Waals surface area contributed by atoms with Gasteiger partial charge in [-0.3, -0.25) is 4.79 Å². The van der Waals surface area contributed by atoms with Crippen molar-refractivity contribution in [3.05, 3.63) is 12.2 Å². The molecule has 2 atom stereocenters. The van der Waals surface area contributed by atoms with Crippen LogP contribution in [0, 0.1) is 11.8 Å². The Morgan fingerprint density at radius 2 is 1.92 bits per heavy atom. The highest BCUT2D eigenvalue weighted by Gasteiger charge is 2.29. The van der Waals surface area contributed by atoms with Crippen molar-refractivity contribution in [2.75, 3.05) is 0 Å². The molecule has 0 heterocycles. The number of hydrogen-bond acceptors (Lipinski definition) is 1. The number of hydrogen-bond donors (Lipinski definition) is 1. The minimum atomic E-state index is -1.77. The molecule has 74 valence electrons. The van der Waals surface area contributed by atoms with Crippen LogP contribution in [0.3, 0.4) is 0 Å². The lowest BCUT2D eigenvalue weighted by molar-refractivity contribution is -0.144. The maximum Gasteiger partial charge on any atom is 0.307 e. The van der Waals surface area contributed by atoms with Crippen molar-refractivity contribution >= 4 is 5.97 Å². The first-order valence-corrected chi connectivity index (χ1v) is 4.37. The summed E-state index contributed by atoms with van der Waals surface area (Å²) in [6, 6.07) is 0.